The first-order valence-corrected chi connectivity index (χ1v) is 13.1. The average Bonchev–Trinajstić information content (AvgIpc) is 2.96. The van der Waals surface area contributed by atoms with Crippen LogP contribution < -0.4 is 14.8 Å². The number of rotatable bonds is 8. The minimum Gasteiger partial charge on any atom is -0.521 e. The van der Waals surface area contributed by atoms with Crippen molar-refractivity contribution in [3.63, 3.8) is 0 Å². The maximum Gasteiger partial charge on any atom is 0.633 e. The van der Waals surface area contributed by atoms with Crippen molar-refractivity contribution in [2.45, 2.75) is 26.2 Å². The van der Waals surface area contributed by atoms with Gasteiger partial charge in [0.1, 0.15) is 11.5 Å². The van der Waals surface area contributed by atoms with E-state index in [9.17, 15) is 0 Å². The molecule has 6 aromatic rings. The molecule has 2 nitrogen and oxygen atoms in total. The fourth-order valence-corrected chi connectivity index (χ4v) is 5.17. The van der Waals surface area contributed by atoms with Gasteiger partial charge in [-0.25, -0.2) is 0 Å². The number of benzene rings is 6. The number of fused-ring (bicyclic) bond motifs is 3. The van der Waals surface area contributed by atoms with Gasteiger partial charge in [-0.05, 0) is 52.1 Å². The van der Waals surface area contributed by atoms with E-state index >= 15 is 0 Å². The molecule has 0 fully saturated rings. The van der Waals surface area contributed by atoms with Crippen molar-refractivity contribution in [2.75, 3.05) is 0 Å². The second kappa shape index (κ2) is 10.4. The highest BCUT2D eigenvalue weighted by molar-refractivity contribution is 6.66. The molecule has 0 aliphatic heterocycles. The highest BCUT2D eigenvalue weighted by Crippen LogP contribution is 2.30. The van der Waals surface area contributed by atoms with Gasteiger partial charge in [0.25, 0.3) is 0 Å². The Morgan fingerprint density at radius 1 is 0.514 bits per heavy atom. The molecule has 0 amide bonds. The highest BCUT2D eigenvalue weighted by Gasteiger charge is 2.32. The Morgan fingerprint density at radius 3 is 1.57 bits per heavy atom. The first kappa shape index (κ1) is 23.2. The third-order valence-electron chi connectivity index (χ3n) is 7.06. The van der Waals surface area contributed by atoms with Crippen molar-refractivity contribution in [2.24, 2.45) is 0 Å². The van der Waals surface area contributed by atoms with Crippen LogP contribution >= 0.6 is 0 Å². The van der Waals surface area contributed by atoms with Gasteiger partial charge in [0.05, 0.1) is 0 Å². The van der Waals surface area contributed by atoms with Crippen molar-refractivity contribution in [3.05, 3.63) is 127 Å². The largest absolute Gasteiger partial charge is 0.633 e. The molecular weight excluding hydrogens is 451 g/mol. The third kappa shape index (κ3) is 4.65. The summed E-state index contributed by atoms with van der Waals surface area (Å²) in [6.45, 7) is 2.23. The van der Waals surface area contributed by atoms with Crippen LogP contribution in [0, 0.1) is 0 Å². The molecule has 0 aliphatic carbocycles. The highest BCUT2D eigenvalue weighted by atomic mass is 16.6. The lowest BCUT2D eigenvalue weighted by Gasteiger charge is -2.22. The van der Waals surface area contributed by atoms with E-state index in [1.165, 1.54) is 16.3 Å². The van der Waals surface area contributed by atoms with Crippen molar-refractivity contribution in [1.82, 2.24) is 0 Å². The molecule has 0 unspecified atom stereocenters. The molecule has 37 heavy (non-hydrogen) atoms. The van der Waals surface area contributed by atoms with Crippen LogP contribution in [0.1, 0.15) is 25.3 Å². The van der Waals surface area contributed by atoms with Crippen LogP contribution in [0.4, 0.5) is 0 Å². The zero-order valence-electron chi connectivity index (χ0n) is 21.1. The lowest BCUT2D eigenvalue weighted by molar-refractivity contribution is 0.444. The van der Waals surface area contributed by atoms with Gasteiger partial charge in [0.2, 0.25) is 0 Å². The van der Waals surface area contributed by atoms with E-state index in [2.05, 4.69) is 104 Å². The minimum atomic E-state index is -0.616. The van der Waals surface area contributed by atoms with Gasteiger partial charge in [0, 0.05) is 16.2 Å². The average molecular weight is 480 g/mol. The van der Waals surface area contributed by atoms with Crippen molar-refractivity contribution < 1.29 is 9.31 Å². The van der Waals surface area contributed by atoms with Gasteiger partial charge >= 0.3 is 7.12 Å². The second-order valence-corrected chi connectivity index (χ2v) is 9.49. The Balaban J connectivity index is 1.55. The molecule has 0 aliphatic rings. The molecular formula is C34H29BO2. The van der Waals surface area contributed by atoms with Gasteiger partial charge in [-0.1, -0.05) is 123 Å². The normalized spacial score (nSPS) is 11.2. The van der Waals surface area contributed by atoms with Crippen molar-refractivity contribution in [3.8, 4) is 11.5 Å². The Labute approximate surface area is 218 Å². The Kier molecular flexibility index (Phi) is 6.52. The maximum atomic E-state index is 6.87. The number of hydrogen-bond donors (Lipinski definition) is 0. The quantitative estimate of drug-likeness (QED) is 0.204. The smallest absolute Gasteiger partial charge is 0.521 e. The van der Waals surface area contributed by atoms with E-state index in [-0.39, 0.29) is 0 Å². The lowest BCUT2D eigenvalue weighted by Crippen LogP contribution is -2.45. The molecule has 0 saturated carbocycles. The van der Waals surface area contributed by atoms with Gasteiger partial charge in [-0.3, -0.25) is 0 Å². The van der Waals surface area contributed by atoms with Crippen LogP contribution in [-0.4, -0.2) is 7.12 Å². The van der Waals surface area contributed by atoms with Gasteiger partial charge in [-0.2, -0.15) is 0 Å². The zero-order chi connectivity index (χ0) is 25.0. The van der Waals surface area contributed by atoms with Crippen LogP contribution in [0.25, 0.3) is 32.3 Å². The topological polar surface area (TPSA) is 18.5 Å². The molecule has 6 aromatic carbocycles. The molecule has 0 radical (unpaired) electrons. The molecule has 0 atom stereocenters. The molecule has 180 valence electrons. The summed E-state index contributed by atoms with van der Waals surface area (Å²) in [6.07, 6.45) is 3.22. The Hall–Kier alpha value is -4.24. The summed E-state index contributed by atoms with van der Waals surface area (Å²) in [5.41, 5.74) is 2.37. The number of aryl methyl sites for hydroxylation is 1. The summed E-state index contributed by atoms with van der Waals surface area (Å²) in [7, 11) is -0.616. The van der Waals surface area contributed by atoms with Crippen LogP contribution in [0.3, 0.4) is 0 Å². The van der Waals surface area contributed by atoms with Crippen LogP contribution in [0.15, 0.2) is 121 Å². The summed E-state index contributed by atoms with van der Waals surface area (Å²) < 4.78 is 13.7. The molecule has 3 heteroatoms. The Bertz CT molecular complexity index is 1600. The van der Waals surface area contributed by atoms with Crippen LogP contribution in [0.5, 0.6) is 11.5 Å². The Morgan fingerprint density at radius 2 is 1.00 bits per heavy atom. The number of hydrogen-bond acceptors (Lipinski definition) is 2. The van der Waals surface area contributed by atoms with Crippen molar-refractivity contribution in [1.29, 1.82) is 0 Å². The molecule has 0 spiro atoms. The summed E-state index contributed by atoms with van der Waals surface area (Å²) in [5, 5.41) is 6.80. The first-order valence-electron chi connectivity index (χ1n) is 13.1. The van der Waals surface area contributed by atoms with Gasteiger partial charge in [-0.15, -0.1) is 0 Å². The van der Waals surface area contributed by atoms with E-state index < -0.39 is 7.12 Å². The van der Waals surface area contributed by atoms with E-state index in [0.717, 1.165) is 57.8 Å². The maximum absolute atomic E-state index is 6.87. The van der Waals surface area contributed by atoms with Crippen LogP contribution in [0.2, 0.25) is 0 Å². The fourth-order valence-electron chi connectivity index (χ4n) is 5.17. The van der Waals surface area contributed by atoms with Gasteiger partial charge in [0.15, 0.2) is 0 Å². The zero-order valence-corrected chi connectivity index (χ0v) is 21.1. The summed E-state index contributed by atoms with van der Waals surface area (Å²) in [6, 6.07) is 42.1. The molecule has 0 heterocycles. The predicted molar refractivity (Wildman–Crippen MR) is 157 cm³/mol. The molecule has 0 bridgehead atoms. The SMILES string of the molecule is CCCCc1ccc2ccccc2c1B(Oc1cccc2ccccc12)Oc1cccc2ccccc12. The molecule has 6 rings (SSSR count). The molecule has 0 aromatic heterocycles. The second-order valence-electron chi connectivity index (χ2n) is 9.49. The van der Waals surface area contributed by atoms with E-state index in [1.807, 2.05) is 24.3 Å². The van der Waals surface area contributed by atoms with Gasteiger partial charge < -0.3 is 9.31 Å². The molecule has 0 saturated heterocycles. The van der Waals surface area contributed by atoms with E-state index in [4.69, 9.17) is 9.31 Å². The van der Waals surface area contributed by atoms with Crippen molar-refractivity contribution >= 4 is 44.9 Å². The minimum absolute atomic E-state index is 0.616. The van der Waals surface area contributed by atoms with E-state index in [1.54, 1.807) is 0 Å². The summed E-state index contributed by atoms with van der Waals surface area (Å²) >= 11 is 0. The summed E-state index contributed by atoms with van der Waals surface area (Å²) in [5.74, 6) is 1.63. The predicted octanol–water partition coefficient (Wildman–Crippen LogP) is 8.34. The summed E-state index contributed by atoms with van der Waals surface area (Å²) in [4.78, 5) is 0. The third-order valence-corrected chi connectivity index (χ3v) is 7.06. The standard InChI is InChI=1S/C34H29BO2/c1-2-3-12-28-24-23-27-15-6-9-20-31(27)34(28)35(36-32-21-10-16-25-13-4-7-18-29(25)32)37-33-22-11-17-26-14-5-8-19-30(26)33/h4-11,13-24H,2-3,12H2,1H3. The molecule has 0 N–H and O–H groups in total. The number of unbranched alkanes of at least 4 members (excludes halogenated alkanes) is 1. The monoisotopic (exact) mass is 480 g/mol. The lowest BCUT2D eigenvalue weighted by atomic mass is 9.71. The van der Waals surface area contributed by atoms with E-state index in [0.29, 0.717) is 0 Å². The van der Waals surface area contributed by atoms with Crippen LogP contribution in [-0.2, 0) is 6.42 Å². The fraction of sp³-hybridized carbons (Fsp3) is 0.118. The first-order chi connectivity index (χ1) is 18.3.